The molecule has 1 aromatic heterocycles. The van der Waals surface area contributed by atoms with E-state index in [0.29, 0.717) is 22.5 Å². The summed E-state index contributed by atoms with van der Waals surface area (Å²) in [6.45, 7) is 0.0663. The highest BCUT2D eigenvalue weighted by molar-refractivity contribution is 6.03. The molecule has 0 aliphatic carbocycles. The largest absolute Gasteiger partial charge is 0.465 e. The fourth-order valence-corrected chi connectivity index (χ4v) is 2.50. The number of fused-ring (bicyclic) bond motifs is 1. The molecule has 3 rings (SSSR count). The average Bonchev–Trinajstić information content (AvgIpc) is 2.71. The molecule has 134 valence electrons. The van der Waals surface area contributed by atoms with Crippen LogP contribution in [0.1, 0.15) is 10.4 Å². The maximum Gasteiger partial charge on any atom is 0.337 e. The minimum Gasteiger partial charge on any atom is -0.465 e. The van der Waals surface area contributed by atoms with Gasteiger partial charge in [0.2, 0.25) is 0 Å². The third-order valence-electron chi connectivity index (χ3n) is 3.82. The number of nitrogens with zero attached hydrogens (tertiary/aromatic N) is 3. The molecule has 0 radical (unpaired) electrons. The Bertz CT molecular complexity index is 1030. The number of carbonyl (C=O) groups is 2. The van der Waals surface area contributed by atoms with Crippen molar-refractivity contribution in [3.8, 4) is 12.3 Å². The molecule has 0 spiro atoms. The molecule has 0 bridgehead atoms. The first-order valence-electron chi connectivity index (χ1n) is 8.03. The maximum atomic E-state index is 12.7. The number of amides is 2. The Morgan fingerprint density at radius 1 is 1.11 bits per heavy atom. The Kier molecular flexibility index (Phi) is 5.28. The van der Waals surface area contributed by atoms with Crippen molar-refractivity contribution in [2.45, 2.75) is 0 Å². The van der Waals surface area contributed by atoms with E-state index < -0.39 is 12.0 Å². The molecule has 2 amide bonds. The highest BCUT2D eigenvalue weighted by Crippen LogP contribution is 2.19. The monoisotopic (exact) mass is 360 g/mol. The summed E-state index contributed by atoms with van der Waals surface area (Å²) < 4.78 is 4.67. The Morgan fingerprint density at radius 3 is 2.48 bits per heavy atom. The molecule has 0 saturated carbocycles. The van der Waals surface area contributed by atoms with Gasteiger partial charge in [0.1, 0.15) is 0 Å². The van der Waals surface area contributed by atoms with Gasteiger partial charge in [-0.2, -0.15) is 0 Å². The van der Waals surface area contributed by atoms with E-state index in [4.69, 9.17) is 6.42 Å². The molecule has 0 saturated heterocycles. The standard InChI is InChI=1S/C20H16N4O3/c1-3-12-24(16-7-4-14(5-8-16)19(25)27-2)20(26)23-15-6-9-17-18(13-15)22-11-10-21-17/h1,4-11,13H,12H2,2H3,(H,23,26). The molecular weight excluding hydrogens is 344 g/mol. The van der Waals surface area contributed by atoms with Gasteiger partial charge >= 0.3 is 12.0 Å². The van der Waals surface area contributed by atoms with Crippen LogP contribution in [0.2, 0.25) is 0 Å². The molecule has 0 atom stereocenters. The van der Waals surface area contributed by atoms with Gasteiger partial charge in [0.25, 0.3) is 0 Å². The number of esters is 1. The van der Waals surface area contributed by atoms with E-state index in [1.165, 1.54) is 12.0 Å². The van der Waals surface area contributed by atoms with Gasteiger partial charge in [-0.05, 0) is 42.5 Å². The van der Waals surface area contributed by atoms with Crippen LogP contribution in [-0.4, -0.2) is 35.6 Å². The zero-order chi connectivity index (χ0) is 19.2. The van der Waals surface area contributed by atoms with Crippen LogP contribution in [0.3, 0.4) is 0 Å². The van der Waals surface area contributed by atoms with Gasteiger partial charge < -0.3 is 10.1 Å². The van der Waals surface area contributed by atoms with Crippen molar-refractivity contribution in [2.75, 3.05) is 23.9 Å². The van der Waals surface area contributed by atoms with Crippen LogP contribution in [0.25, 0.3) is 11.0 Å². The number of urea groups is 1. The topological polar surface area (TPSA) is 84.4 Å². The normalized spacial score (nSPS) is 10.1. The molecule has 1 N–H and O–H groups in total. The highest BCUT2D eigenvalue weighted by atomic mass is 16.5. The van der Waals surface area contributed by atoms with Gasteiger partial charge in [-0.3, -0.25) is 14.9 Å². The first-order valence-corrected chi connectivity index (χ1v) is 8.03. The third-order valence-corrected chi connectivity index (χ3v) is 3.82. The molecule has 0 unspecified atom stereocenters. The fraction of sp³-hybridized carbons (Fsp3) is 0.100. The van der Waals surface area contributed by atoms with Crippen molar-refractivity contribution < 1.29 is 14.3 Å². The quantitative estimate of drug-likeness (QED) is 0.571. The van der Waals surface area contributed by atoms with E-state index in [1.807, 2.05) is 0 Å². The van der Waals surface area contributed by atoms with Crippen molar-refractivity contribution in [1.82, 2.24) is 9.97 Å². The number of ether oxygens (including phenoxy) is 1. The van der Waals surface area contributed by atoms with Gasteiger partial charge in [-0.15, -0.1) is 6.42 Å². The minimum atomic E-state index is -0.452. The smallest absolute Gasteiger partial charge is 0.337 e. The van der Waals surface area contributed by atoms with Crippen molar-refractivity contribution in [1.29, 1.82) is 0 Å². The van der Waals surface area contributed by atoms with E-state index in [9.17, 15) is 9.59 Å². The summed E-state index contributed by atoms with van der Waals surface area (Å²) in [5.41, 5.74) is 2.91. The summed E-state index contributed by atoms with van der Waals surface area (Å²) in [6, 6.07) is 11.3. The molecule has 27 heavy (non-hydrogen) atoms. The van der Waals surface area contributed by atoms with Crippen molar-refractivity contribution >= 4 is 34.4 Å². The maximum absolute atomic E-state index is 12.7. The Balaban J connectivity index is 1.82. The minimum absolute atomic E-state index is 0.0663. The van der Waals surface area contributed by atoms with Crippen molar-refractivity contribution in [3.63, 3.8) is 0 Å². The number of methoxy groups -OCH3 is 1. The predicted octanol–water partition coefficient (Wildman–Crippen LogP) is 3.09. The van der Waals surface area contributed by atoms with Crippen LogP contribution in [0, 0.1) is 12.3 Å². The van der Waals surface area contributed by atoms with Crippen LogP contribution >= 0.6 is 0 Å². The predicted molar refractivity (Wildman–Crippen MR) is 103 cm³/mol. The number of terminal acetylenes is 1. The SMILES string of the molecule is C#CCN(C(=O)Nc1ccc2nccnc2c1)c1ccc(C(=O)OC)cc1. The Morgan fingerprint density at radius 2 is 1.81 bits per heavy atom. The summed E-state index contributed by atoms with van der Waals surface area (Å²) in [5, 5.41) is 2.80. The van der Waals surface area contributed by atoms with Crippen LogP contribution in [0.15, 0.2) is 54.9 Å². The number of anilines is 2. The number of rotatable bonds is 4. The van der Waals surface area contributed by atoms with Gasteiger partial charge in [0.05, 0.1) is 30.3 Å². The number of benzene rings is 2. The molecule has 0 aliphatic rings. The second-order valence-corrected chi connectivity index (χ2v) is 5.52. The summed E-state index contributed by atoms with van der Waals surface area (Å²) in [4.78, 5) is 34.1. The summed E-state index contributed by atoms with van der Waals surface area (Å²) in [6.07, 6.45) is 8.60. The lowest BCUT2D eigenvalue weighted by Crippen LogP contribution is -2.35. The lowest BCUT2D eigenvalue weighted by atomic mass is 10.2. The fourth-order valence-electron chi connectivity index (χ4n) is 2.50. The number of nitrogens with one attached hydrogen (secondary N) is 1. The molecule has 7 heteroatoms. The Labute approximate surface area is 156 Å². The van der Waals surface area contributed by atoms with Crippen molar-refractivity contribution in [2.24, 2.45) is 0 Å². The number of carbonyl (C=O) groups excluding carboxylic acids is 2. The van der Waals surface area contributed by atoms with E-state index in [2.05, 4.69) is 25.9 Å². The molecule has 0 aliphatic heterocycles. The molecular formula is C20H16N4O3. The molecule has 0 fully saturated rings. The summed E-state index contributed by atoms with van der Waals surface area (Å²) in [5.74, 6) is 2.01. The third kappa shape index (κ3) is 4.02. The lowest BCUT2D eigenvalue weighted by Gasteiger charge is -2.21. The summed E-state index contributed by atoms with van der Waals surface area (Å²) in [7, 11) is 1.31. The highest BCUT2D eigenvalue weighted by Gasteiger charge is 2.16. The zero-order valence-corrected chi connectivity index (χ0v) is 14.5. The van der Waals surface area contributed by atoms with Crippen LogP contribution in [0.5, 0.6) is 0 Å². The molecule has 3 aromatic rings. The van der Waals surface area contributed by atoms with Gasteiger partial charge in [-0.1, -0.05) is 5.92 Å². The van der Waals surface area contributed by atoms with Crippen LogP contribution in [-0.2, 0) is 4.74 Å². The van der Waals surface area contributed by atoms with E-state index in [0.717, 1.165) is 5.52 Å². The zero-order valence-electron chi connectivity index (χ0n) is 14.5. The number of aromatic nitrogens is 2. The molecule has 2 aromatic carbocycles. The van der Waals surface area contributed by atoms with Crippen LogP contribution < -0.4 is 10.2 Å². The van der Waals surface area contributed by atoms with Gasteiger partial charge in [-0.25, -0.2) is 9.59 Å². The van der Waals surface area contributed by atoms with E-state index in [1.54, 1.807) is 54.9 Å². The van der Waals surface area contributed by atoms with E-state index >= 15 is 0 Å². The first kappa shape index (κ1) is 17.9. The number of hydrogen-bond donors (Lipinski definition) is 1. The first-order chi connectivity index (χ1) is 13.1. The van der Waals surface area contributed by atoms with E-state index in [-0.39, 0.29) is 6.54 Å². The number of hydrogen-bond acceptors (Lipinski definition) is 5. The average molecular weight is 360 g/mol. The van der Waals surface area contributed by atoms with Crippen LogP contribution in [0.4, 0.5) is 16.2 Å². The molecule has 1 heterocycles. The summed E-state index contributed by atoms with van der Waals surface area (Å²) >= 11 is 0. The van der Waals surface area contributed by atoms with Crippen molar-refractivity contribution in [3.05, 3.63) is 60.4 Å². The lowest BCUT2D eigenvalue weighted by molar-refractivity contribution is 0.0600. The van der Waals surface area contributed by atoms with Gasteiger partial charge in [0, 0.05) is 23.8 Å². The Hall–Kier alpha value is -3.92. The molecule has 7 nitrogen and oxygen atoms in total. The second-order valence-electron chi connectivity index (χ2n) is 5.52. The second kappa shape index (κ2) is 7.97. The van der Waals surface area contributed by atoms with Gasteiger partial charge in [0.15, 0.2) is 0 Å².